The van der Waals surface area contributed by atoms with Gasteiger partial charge in [0.25, 0.3) is 0 Å². The maximum Gasteiger partial charge on any atom is 0.460 e. The molecule has 24 heteroatoms. The van der Waals surface area contributed by atoms with Crippen molar-refractivity contribution in [2.45, 2.75) is 118 Å². The first-order valence-electron chi connectivity index (χ1n) is 14.1. The molecule has 2 saturated carbocycles. The highest BCUT2D eigenvalue weighted by molar-refractivity contribution is 5.66. The molecule has 0 radical (unpaired) electrons. The highest BCUT2D eigenvalue weighted by atomic mass is 19.4. The van der Waals surface area contributed by atoms with Crippen LogP contribution in [0.4, 0.5) is 88.6 Å². The predicted molar refractivity (Wildman–Crippen MR) is 127 cm³/mol. The Labute approximate surface area is 264 Å². The van der Waals surface area contributed by atoms with E-state index in [1.54, 1.807) is 0 Å². The summed E-state index contributed by atoms with van der Waals surface area (Å²) in [5, 5.41) is 18.5. The molecule has 0 saturated heterocycles. The molecule has 2 rings (SSSR count). The third-order valence-corrected chi connectivity index (χ3v) is 8.83. The van der Waals surface area contributed by atoms with Gasteiger partial charge in [0.1, 0.15) is 0 Å². The normalized spacial score (nSPS) is 24.0. The van der Waals surface area contributed by atoms with Crippen LogP contribution in [0.2, 0.25) is 0 Å². The first kappa shape index (κ1) is 42.4. The Bertz CT molecular complexity index is 1070. The molecule has 0 aromatic rings. The maximum absolute atomic E-state index is 14.1. The Morgan fingerprint density at radius 1 is 0.449 bits per heavy atom. The Morgan fingerprint density at radius 2 is 0.694 bits per heavy atom. The standard InChI is InChI=1S/C25H28F18N2O4/c26-18(27,20(30,31)22(34,35)24(38,39)40)10-44(16(46)47)14-5-1-12(2-6-14)9-13-3-7-15(8-4-13)45(17(48)49)11-19(28,29)21(32,33)23(36,37)25(41,42)43/h12-15H,1-11H2,(H,46,47)(H,48,49). The van der Waals surface area contributed by atoms with E-state index in [-0.39, 0.29) is 79.4 Å². The lowest BCUT2D eigenvalue weighted by Crippen LogP contribution is -2.64. The number of nitrogens with zero attached hydrogens (tertiary/aromatic N) is 2. The van der Waals surface area contributed by atoms with Crippen molar-refractivity contribution in [2.75, 3.05) is 13.1 Å². The summed E-state index contributed by atoms with van der Waals surface area (Å²) in [6, 6.07) is -3.03. The minimum atomic E-state index is -7.22. The van der Waals surface area contributed by atoms with Crippen LogP contribution in [-0.2, 0) is 0 Å². The SMILES string of the molecule is O=C(O)N(CC(F)(F)C(F)(F)C(F)(F)C(F)(F)F)C1CCC(CC2CCC(N(CC(F)(F)C(F)(F)C(F)(F)C(F)(F)F)C(=O)O)CC2)CC1. The van der Waals surface area contributed by atoms with Gasteiger partial charge in [-0.15, -0.1) is 0 Å². The molecule has 2 N–H and O–H groups in total. The number of hydrogen-bond donors (Lipinski definition) is 2. The predicted octanol–water partition coefficient (Wildman–Crippen LogP) is 9.39. The topological polar surface area (TPSA) is 81.1 Å². The minimum absolute atomic E-state index is 0.0228. The fourth-order valence-corrected chi connectivity index (χ4v) is 6.00. The number of halogens is 18. The van der Waals surface area contributed by atoms with Crippen molar-refractivity contribution < 1.29 is 98.8 Å². The van der Waals surface area contributed by atoms with Crippen LogP contribution in [0.5, 0.6) is 0 Å². The lowest BCUT2D eigenvalue weighted by Gasteiger charge is -2.41. The summed E-state index contributed by atoms with van der Waals surface area (Å²) in [7, 11) is 0. The van der Waals surface area contributed by atoms with Crippen molar-refractivity contribution in [1.29, 1.82) is 0 Å². The Morgan fingerprint density at radius 3 is 0.898 bits per heavy atom. The molecule has 0 bridgehead atoms. The van der Waals surface area contributed by atoms with Crippen molar-refractivity contribution >= 4 is 12.2 Å². The third-order valence-electron chi connectivity index (χ3n) is 8.83. The second-order valence-corrected chi connectivity index (χ2v) is 12.1. The van der Waals surface area contributed by atoms with Crippen LogP contribution >= 0.6 is 0 Å². The summed E-state index contributed by atoms with van der Waals surface area (Å²) in [5.74, 6) is -41.6. The number of hydrogen-bond acceptors (Lipinski definition) is 2. The van der Waals surface area contributed by atoms with E-state index in [0.717, 1.165) is 0 Å². The summed E-state index contributed by atoms with van der Waals surface area (Å²) in [6.07, 6.45) is -20.1. The number of amides is 2. The summed E-state index contributed by atoms with van der Waals surface area (Å²) >= 11 is 0. The van der Waals surface area contributed by atoms with E-state index < -0.39 is 85.2 Å². The van der Waals surface area contributed by atoms with Crippen LogP contribution in [0.15, 0.2) is 0 Å². The highest BCUT2D eigenvalue weighted by Gasteiger charge is 2.83. The van der Waals surface area contributed by atoms with Gasteiger partial charge in [0.15, 0.2) is 0 Å². The summed E-state index contributed by atoms with van der Waals surface area (Å²) in [6.45, 7) is -5.42. The Hall–Kier alpha value is -2.72. The highest BCUT2D eigenvalue weighted by Crippen LogP contribution is 2.55. The van der Waals surface area contributed by atoms with Crippen molar-refractivity contribution in [1.82, 2.24) is 9.80 Å². The molecule has 0 heterocycles. The fourth-order valence-electron chi connectivity index (χ4n) is 6.00. The van der Waals surface area contributed by atoms with E-state index in [1.165, 1.54) is 0 Å². The van der Waals surface area contributed by atoms with E-state index in [1.807, 2.05) is 0 Å². The van der Waals surface area contributed by atoms with Crippen molar-refractivity contribution in [3.63, 3.8) is 0 Å². The van der Waals surface area contributed by atoms with Gasteiger partial charge in [-0.05, 0) is 69.6 Å². The van der Waals surface area contributed by atoms with Crippen LogP contribution < -0.4 is 0 Å². The monoisotopic (exact) mass is 762 g/mol. The van der Waals surface area contributed by atoms with Crippen molar-refractivity contribution in [3.05, 3.63) is 0 Å². The molecule has 0 unspecified atom stereocenters. The number of carbonyl (C=O) groups is 2. The first-order valence-corrected chi connectivity index (χ1v) is 14.1. The number of alkyl halides is 18. The van der Waals surface area contributed by atoms with Crippen LogP contribution in [0.1, 0.15) is 57.8 Å². The van der Waals surface area contributed by atoms with E-state index in [4.69, 9.17) is 0 Å². The first-order chi connectivity index (χ1) is 21.7. The van der Waals surface area contributed by atoms with Gasteiger partial charge < -0.3 is 10.2 Å². The van der Waals surface area contributed by atoms with Crippen molar-refractivity contribution in [2.24, 2.45) is 11.8 Å². The molecule has 0 aromatic carbocycles. The second kappa shape index (κ2) is 13.8. The van der Waals surface area contributed by atoms with Gasteiger partial charge in [-0.1, -0.05) is 0 Å². The quantitative estimate of drug-likeness (QED) is 0.194. The second-order valence-electron chi connectivity index (χ2n) is 12.1. The van der Waals surface area contributed by atoms with Gasteiger partial charge in [0.05, 0.1) is 13.1 Å². The van der Waals surface area contributed by atoms with Gasteiger partial charge in [-0.2, -0.15) is 79.0 Å². The van der Waals surface area contributed by atoms with E-state index in [2.05, 4.69) is 0 Å². The molecule has 49 heavy (non-hydrogen) atoms. The summed E-state index contributed by atoms with van der Waals surface area (Å²) < 4.78 is 239. The largest absolute Gasteiger partial charge is 0.465 e. The van der Waals surface area contributed by atoms with E-state index >= 15 is 0 Å². The average Bonchev–Trinajstić information content (AvgIpc) is 2.94. The summed E-state index contributed by atoms with van der Waals surface area (Å²) in [4.78, 5) is 22.3. The van der Waals surface area contributed by atoms with Crippen LogP contribution in [0.3, 0.4) is 0 Å². The van der Waals surface area contributed by atoms with Crippen LogP contribution in [0.25, 0.3) is 0 Å². The molecule has 0 aliphatic heterocycles. The lowest BCUT2D eigenvalue weighted by molar-refractivity contribution is -0.396. The van der Waals surface area contributed by atoms with Gasteiger partial charge >= 0.3 is 60.1 Å². The average molecular weight is 762 g/mol. The van der Waals surface area contributed by atoms with Crippen molar-refractivity contribution in [3.8, 4) is 0 Å². The zero-order valence-corrected chi connectivity index (χ0v) is 24.5. The number of carboxylic acid groups (broad SMARTS) is 2. The molecular weight excluding hydrogens is 734 g/mol. The molecule has 0 aromatic heterocycles. The van der Waals surface area contributed by atoms with Crippen LogP contribution in [0, 0.1) is 11.8 Å². The van der Waals surface area contributed by atoms with Gasteiger partial charge in [0, 0.05) is 12.1 Å². The zero-order chi connectivity index (χ0) is 38.4. The molecule has 0 spiro atoms. The molecule has 0 atom stereocenters. The maximum atomic E-state index is 14.1. The molecule has 2 aliphatic carbocycles. The molecule has 2 amide bonds. The van der Waals surface area contributed by atoms with Gasteiger partial charge in [-0.25, -0.2) is 9.59 Å². The minimum Gasteiger partial charge on any atom is -0.465 e. The van der Waals surface area contributed by atoms with E-state index in [9.17, 15) is 98.8 Å². The van der Waals surface area contributed by atoms with Gasteiger partial charge in [-0.3, -0.25) is 9.80 Å². The molecule has 6 nitrogen and oxygen atoms in total. The van der Waals surface area contributed by atoms with E-state index in [0.29, 0.717) is 0 Å². The lowest BCUT2D eigenvalue weighted by atomic mass is 9.75. The third kappa shape index (κ3) is 8.27. The number of rotatable bonds is 12. The molecule has 2 fully saturated rings. The zero-order valence-electron chi connectivity index (χ0n) is 24.5. The Balaban J connectivity index is 2.02. The molecular formula is C25H28F18N2O4. The summed E-state index contributed by atoms with van der Waals surface area (Å²) in [5.41, 5.74) is 0. The Kier molecular flexibility index (Phi) is 11.9. The van der Waals surface area contributed by atoms with Gasteiger partial charge in [0.2, 0.25) is 0 Å². The van der Waals surface area contributed by atoms with Crippen LogP contribution in [-0.4, -0.2) is 105 Å². The fraction of sp³-hybridized carbons (Fsp3) is 0.920. The molecule has 288 valence electrons. The molecule has 2 aliphatic rings. The smallest absolute Gasteiger partial charge is 0.460 e.